The second-order valence-electron chi connectivity index (χ2n) is 7.05. The van der Waals surface area contributed by atoms with Crippen LogP contribution in [0.15, 0.2) is 40.9 Å². The lowest BCUT2D eigenvalue weighted by Crippen LogP contribution is -2.30. The third-order valence-electron chi connectivity index (χ3n) is 5.69. The van der Waals surface area contributed by atoms with Crippen LogP contribution in [0.3, 0.4) is 0 Å². The Morgan fingerprint density at radius 3 is 2.55 bits per heavy atom. The minimum absolute atomic E-state index is 0.0707. The van der Waals surface area contributed by atoms with E-state index in [1.165, 1.54) is 6.07 Å². The van der Waals surface area contributed by atoms with E-state index in [2.05, 4.69) is 33.4 Å². The molecule has 1 heterocycles. The number of hydrogen-bond acceptors (Lipinski definition) is 6. The number of anilines is 1. The van der Waals surface area contributed by atoms with E-state index in [0.29, 0.717) is 28.5 Å². The van der Waals surface area contributed by atoms with Crippen LogP contribution in [-0.4, -0.2) is 26.3 Å². The van der Waals surface area contributed by atoms with Gasteiger partial charge in [-0.25, -0.2) is 0 Å². The molecule has 0 saturated heterocycles. The Kier molecular flexibility index (Phi) is 5.12. The number of methoxy groups -OCH3 is 3. The molecular weight excluding hydrogens is 440 g/mol. The minimum atomic E-state index is -0.323. The van der Waals surface area contributed by atoms with Gasteiger partial charge in [-0.2, -0.15) is 0 Å². The van der Waals surface area contributed by atoms with Crippen molar-refractivity contribution in [3.63, 3.8) is 0 Å². The summed E-state index contributed by atoms with van der Waals surface area (Å²) in [6.07, 6.45) is 4.99. The zero-order chi connectivity index (χ0) is 20.7. The SMILES string of the molecule is COc1ccc([N+](=O)[O-])c2c1N[C@H](c1cc(Br)c(OC)c(OC)c1)[C@@H]1CC=C[C@@H]21. The molecule has 0 unspecified atom stereocenters. The Hall–Kier alpha value is -2.74. The number of nitrogens with one attached hydrogen (secondary N) is 1. The molecule has 1 N–H and O–H groups in total. The molecule has 152 valence electrons. The number of rotatable bonds is 5. The van der Waals surface area contributed by atoms with Gasteiger partial charge in [-0.1, -0.05) is 12.2 Å². The van der Waals surface area contributed by atoms with Crippen LogP contribution in [0.2, 0.25) is 0 Å². The van der Waals surface area contributed by atoms with Crippen molar-refractivity contribution in [3.05, 3.63) is 62.1 Å². The van der Waals surface area contributed by atoms with Gasteiger partial charge in [-0.05, 0) is 52.0 Å². The molecule has 2 aliphatic rings. The van der Waals surface area contributed by atoms with E-state index in [4.69, 9.17) is 14.2 Å². The van der Waals surface area contributed by atoms with Crippen LogP contribution in [-0.2, 0) is 0 Å². The number of benzene rings is 2. The number of nitro benzene ring substituents is 1. The summed E-state index contributed by atoms with van der Waals surface area (Å²) in [6.45, 7) is 0. The van der Waals surface area contributed by atoms with Crippen LogP contribution >= 0.6 is 15.9 Å². The minimum Gasteiger partial charge on any atom is -0.495 e. The average molecular weight is 461 g/mol. The third-order valence-corrected chi connectivity index (χ3v) is 6.28. The summed E-state index contributed by atoms with van der Waals surface area (Å²) in [5.41, 5.74) is 2.48. The summed E-state index contributed by atoms with van der Waals surface area (Å²) in [4.78, 5) is 11.4. The van der Waals surface area contributed by atoms with Gasteiger partial charge in [-0.15, -0.1) is 0 Å². The maximum Gasteiger partial charge on any atom is 0.275 e. The summed E-state index contributed by atoms with van der Waals surface area (Å²) in [5, 5.41) is 15.2. The van der Waals surface area contributed by atoms with Gasteiger partial charge in [0.05, 0.1) is 48.0 Å². The van der Waals surface area contributed by atoms with Crippen LogP contribution in [0.5, 0.6) is 17.2 Å². The standard InChI is InChI=1S/C21H21BrN2O5/c1-27-16-8-7-15(24(25)26)18-12-5-4-6-13(12)19(23-20(16)18)11-9-14(22)21(29-3)17(10-11)28-2/h4-5,7-10,12-13,19,23H,6H2,1-3H3/t12-,13-,19-/m1/s1. The normalized spacial score (nSPS) is 21.7. The highest BCUT2D eigenvalue weighted by Gasteiger charge is 2.43. The Morgan fingerprint density at radius 2 is 1.90 bits per heavy atom. The first-order valence-corrected chi connectivity index (χ1v) is 9.99. The molecule has 1 aliphatic carbocycles. The van der Waals surface area contributed by atoms with Crippen molar-refractivity contribution in [2.45, 2.75) is 18.4 Å². The summed E-state index contributed by atoms with van der Waals surface area (Å²) in [7, 11) is 4.77. The van der Waals surface area contributed by atoms with Gasteiger partial charge in [0.25, 0.3) is 5.69 Å². The second-order valence-corrected chi connectivity index (χ2v) is 7.90. The molecule has 2 aromatic carbocycles. The Labute approximate surface area is 176 Å². The van der Waals surface area contributed by atoms with Gasteiger partial charge in [0, 0.05) is 12.0 Å². The molecule has 29 heavy (non-hydrogen) atoms. The summed E-state index contributed by atoms with van der Waals surface area (Å²) >= 11 is 3.57. The van der Waals surface area contributed by atoms with Crippen LogP contribution < -0.4 is 19.5 Å². The molecule has 0 bridgehead atoms. The number of halogens is 1. The molecule has 0 amide bonds. The fourth-order valence-electron chi connectivity index (χ4n) is 4.44. The molecule has 0 saturated carbocycles. The van der Waals surface area contributed by atoms with Crippen molar-refractivity contribution < 1.29 is 19.1 Å². The van der Waals surface area contributed by atoms with Gasteiger partial charge in [0.1, 0.15) is 5.75 Å². The van der Waals surface area contributed by atoms with E-state index in [0.717, 1.165) is 16.5 Å². The van der Waals surface area contributed by atoms with Gasteiger partial charge < -0.3 is 19.5 Å². The summed E-state index contributed by atoms with van der Waals surface area (Å²) in [5.74, 6) is 1.91. The van der Waals surface area contributed by atoms with Crippen molar-refractivity contribution in [1.82, 2.24) is 0 Å². The van der Waals surface area contributed by atoms with Crippen LogP contribution in [0, 0.1) is 16.0 Å². The second kappa shape index (κ2) is 7.59. The third kappa shape index (κ3) is 3.11. The zero-order valence-electron chi connectivity index (χ0n) is 16.3. The van der Waals surface area contributed by atoms with Gasteiger partial charge in [0.2, 0.25) is 0 Å². The monoisotopic (exact) mass is 460 g/mol. The van der Waals surface area contributed by atoms with Crippen molar-refractivity contribution >= 4 is 27.3 Å². The Morgan fingerprint density at radius 1 is 1.14 bits per heavy atom. The lowest BCUT2D eigenvalue weighted by Gasteiger charge is -2.38. The first-order valence-electron chi connectivity index (χ1n) is 9.20. The van der Waals surface area contributed by atoms with Crippen molar-refractivity contribution in [2.24, 2.45) is 5.92 Å². The molecule has 8 heteroatoms. The largest absolute Gasteiger partial charge is 0.495 e. The zero-order valence-corrected chi connectivity index (χ0v) is 17.9. The number of ether oxygens (including phenoxy) is 3. The van der Waals surface area contributed by atoms with Gasteiger partial charge >= 0.3 is 0 Å². The number of fused-ring (bicyclic) bond motifs is 3. The van der Waals surface area contributed by atoms with Crippen molar-refractivity contribution in [2.75, 3.05) is 26.6 Å². The fraction of sp³-hybridized carbons (Fsp3) is 0.333. The molecule has 0 spiro atoms. The number of nitrogens with zero attached hydrogens (tertiary/aromatic N) is 1. The summed E-state index contributed by atoms with van der Waals surface area (Å²) in [6, 6.07) is 7.05. The highest BCUT2D eigenvalue weighted by Crippen LogP contribution is 2.55. The maximum atomic E-state index is 11.7. The fourth-order valence-corrected chi connectivity index (χ4v) is 5.06. The number of nitro groups is 1. The smallest absolute Gasteiger partial charge is 0.275 e. The lowest BCUT2D eigenvalue weighted by atomic mass is 9.76. The van der Waals surface area contributed by atoms with E-state index in [9.17, 15) is 10.1 Å². The Balaban J connectivity index is 1.88. The average Bonchev–Trinajstić information content (AvgIpc) is 3.21. The van der Waals surface area contributed by atoms with Crippen LogP contribution in [0.1, 0.15) is 29.5 Å². The first kappa shape index (κ1) is 19.6. The molecule has 0 fully saturated rings. The Bertz CT molecular complexity index is 1010. The number of hydrogen-bond donors (Lipinski definition) is 1. The topological polar surface area (TPSA) is 82.9 Å². The van der Waals surface area contributed by atoms with E-state index < -0.39 is 0 Å². The molecule has 4 rings (SSSR count). The summed E-state index contributed by atoms with van der Waals surface area (Å²) < 4.78 is 17.3. The molecule has 2 aromatic rings. The molecule has 0 aromatic heterocycles. The van der Waals surface area contributed by atoms with E-state index in [1.54, 1.807) is 27.4 Å². The highest BCUT2D eigenvalue weighted by atomic mass is 79.9. The quantitative estimate of drug-likeness (QED) is 0.374. The van der Waals surface area contributed by atoms with E-state index in [-0.39, 0.29) is 28.5 Å². The number of allylic oxidation sites excluding steroid dienone is 2. The van der Waals surface area contributed by atoms with Gasteiger partial charge in [0.15, 0.2) is 11.5 Å². The van der Waals surface area contributed by atoms with E-state index >= 15 is 0 Å². The molecule has 1 aliphatic heterocycles. The first-order chi connectivity index (χ1) is 14.0. The van der Waals surface area contributed by atoms with Crippen LogP contribution in [0.4, 0.5) is 11.4 Å². The van der Waals surface area contributed by atoms with Crippen molar-refractivity contribution in [1.29, 1.82) is 0 Å². The molecule has 7 nitrogen and oxygen atoms in total. The molecular formula is C21H21BrN2O5. The molecule has 3 atom stereocenters. The predicted molar refractivity (Wildman–Crippen MR) is 113 cm³/mol. The van der Waals surface area contributed by atoms with Gasteiger partial charge in [-0.3, -0.25) is 10.1 Å². The lowest BCUT2D eigenvalue weighted by molar-refractivity contribution is -0.385. The maximum absolute atomic E-state index is 11.7. The predicted octanol–water partition coefficient (Wildman–Crippen LogP) is 5.21. The van der Waals surface area contributed by atoms with Crippen LogP contribution in [0.25, 0.3) is 0 Å². The van der Waals surface area contributed by atoms with Crippen molar-refractivity contribution in [3.8, 4) is 17.2 Å². The van der Waals surface area contributed by atoms with E-state index in [1.807, 2.05) is 12.1 Å². The molecule has 0 radical (unpaired) electrons. The highest BCUT2D eigenvalue weighted by molar-refractivity contribution is 9.10.